The van der Waals surface area contributed by atoms with Crippen molar-refractivity contribution in [2.75, 3.05) is 18.9 Å². The van der Waals surface area contributed by atoms with E-state index in [1.807, 2.05) is 0 Å². The van der Waals surface area contributed by atoms with Gasteiger partial charge in [-0.15, -0.1) is 6.42 Å². The molecule has 0 aliphatic carbocycles. The Morgan fingerprint density at radius 1 is 1.09 bits per heavy atom. The Labute approximate surface area is 129 Å². The number of hydrogen-bond acceptors (Lipinski definition) is 4. The third-order valence-corrected chi connectivity index (χ3v) is 4.34. The van der Waals surface area contributed by atoms with Crippen LogP contribution in [-0.4, -0.2) is 22.6 Å². The maximum absolute atomic E-state index is 12.6. The zero-order chi connectivity index (χ0) is 16.2. The molecule has 22 heavy (non-hydrogen) atoms. The van der Waals surface area contributed by atoms with Crippen LogP contribution in [0.3, 0.4) is 0 Å². The molecule has 0 amide bonds. The summed E-state index contributed by atoms with van der Waals surface area (Å²) in [6, 6.07) is 11.1. The van der Waals surface area contributed by atoms with Crippen LogP contribution in [0.1, 0.15) is 5.56 Å². The Bertz CT molecular complexity index is 822. The summed E-state index contributed by atoms with van der Waals surface area (Å²) >= 11 is 0. The molecule has 6 heteroatoms. The molecule has 0 aliphatic heterocycles. The van der Waals surface area contributed by atoms with E-state index in [9.17, 15) is 8.42 Å². The molecule has 1 N–H and O–H groups in total. The quantitative estimate of drug-likeness (QED) is 0.861. The number of methoxy groups -OCH3 is 2. The van der Waals surface area contributed by atoms with Gasteiger partial charge in [0.15, 0.2) is 0 Å². The average Bonchev–Trinajstić information content (AvgIpc) is 2.54. The third-order valence-electron chi connectivity index (χ3n) is 2.94. The number of terminal acetylenes is 1. The molecule has 0 atom stereocenters. The maximum Gasteiger partial charge on any atom is 0.265 e. The first-order valence-corrected chi connectivity index (χ1v) is 7.80. The van der Waals surface area contributed by atoms with Crippen molar-refractivity contribution in [2.24, 2.45) is 0 Å². The summed E-state index contributed by atoms with van der Waals surface area (Å²) in [5.41, 5.74) is 0.957. The van der Waals surface area contributed by atoms with E-state index in [1.165, 1.54) is 26.4 Å². The Hall–Kier alpha value is -2.65. The van der Waals surface area contributed by atoms with Gasteiger partial charge in [-0.25, -0.2) is 8.42 Å². The van der Waals surface area contributed by atoms with Gasteiger partial charge in [-0.3, -0.25) is 4.72 Å². The van der Waals surface area contributed by atoms with Gasteiger partial charge >= 0.3 is 0 Å². The standard InChI is InChI=1S/C16H15NO4S/c1-4-12-6-5-7-13(10-12)17-22(18,19)16-11-14(20-2)8-9-15(16)21-3/h1,5-11,17H,2-3H3. The highest BCUT2D eigenvalue weighted by Gasteiger charge is 2.20. The van der Waals surface area contributed by atoms with Crippen molar-refractivity contribution >= 4 is 15.7 Å². The summed E-state index contributed by atoms with van der Waals surface area (Å²) in [5, 5.41) is 0. The predicted molar refractivity (Wildman–Crippen MR) is 84.7 cm³/mol. The molecule has 2 rings (SSSR count). The Morgan fingerprint density at radius 2 is 1.86 bits per heavy atom. The van der Waals surface area contributed by atoms with Gasteiger partial charge < -0.3 is 9.47 Å². The molecule has 0 saturated carbocycles. The van der Waals surface area contributed by atoms with Crippen LogP contribution in [0.25, 0.3) is 0 Å². The van der Waals surface area contributed by atoms with Gasteiger partial charge in [-0.05, 0) is 30.3 Å². The minimum Gasteiger partial charge on any atom is -0.497 e. The highest BCUT2D eigenvalue weighted by atomic mass is 32.2. The lowest BCUT2D eigenvalue weighted by Gasteiger charge is -2.13. The van der Waals surface area contributed by atoms with Crippen LogP contribution in [0, 0.1) is 12.3 Å². The highest BCUT2D eigenvalue weighted by Crippen LogP contribution is 2.29. The van der Waals surface area contributed by atoms with Gasteiger partial charge in [0.25, 0.3) is 10.0 Å². The summed E-state index contributed by atoms with van der Waals surface area (Å²) < 4.78 is 37.7. The third kappa shape index (κ3) is 3.32. The molecule has 0 aliphatic rings. The van der Waals surface area contributed by atoms with Crippen molar-refractivity contribution in [3.8, 4) is 23.8 Å². The Morgan fingerprint density at radius 3 is 2.50 bits per heavy atom. The van der Waals surface area contributed by atoms with E-state index in [4.69, 9.17) is 15.9 Å². The molecular weight excluding hydrogens is 302 g/mol. The lowest BCUT2D eigenvalue weighted by Crippen LogP contribution is -2.14. The SMILES string of the molecule is C#Cc1cccc(NS(=O)(=O)c2cc(OC)ccc2OC)c1. The van der Waals surface area contributed by atoms with Crippen LogP contribution in [0.5, 0.6) is 11.5 Å². The molecule has 2 aromatic rings. The van der Waals surface area contributed by atoms with Gasteiger partial charge in [0.2, 0.25) is 0 Å². The monoisotopic (exact) mass is 317 g/mol. The van der Waals surface area contributed by atoms with Gasteiger partial charge in [0, 0.05) is 11.6 Å². The number of nitrogens with one attached hydrogen (secondary N) is 1. The fourth-order valence-electron chi connectivity index (χ4n) is 1.88. The molecule has 2 aromatic carbocycles. The van der Waals surface area contributed by atoms with Crippen LogP contribution < -0.4 is 14.2 Å². The second kappa shape index (κ2) is 6.41. The van der Waals surface area contributed by atoms with E-state index in [2.05, 4.69) is 10.6 Å². The van der Waals surface area contributed by atoms with E-state index in [-0.39, 0.29) is 10.6 Å². The normalized spacial score (nSPS) is 10.6. The van der Waals surface area contributed by atoms with Crippen molar-refractivity contribution in [3.63, 3.8) is 0 Å². The van der Waals surface area contributed by atoms with Crippen molar-refractivity contribution in [2.45, 2.75) is 4.90 Å². The molecule has 0 saturated heterocycles. The second-order valence-corrected chi connectivity index (χ2v) is 6.00. The first-order valence-electron chi connectivity index (χ1n) is 6.31. The van der Waals surface area contributed by atoms with E-state index in [0.29, 0.717) is 17.0 Å². The Balaban J connectivity index is 2.44. The maximum atomic E-state index is 12.6. The lowest BCUT2D eigenvalue weighted by atomic mass is 10.2. The van der Waals surface area contributed by atoms with Crippen LogP contribution in [0.15, 0.2) is 47.4 Å². The molecule has 5 nitrogen and oxygen atoms in total. The summed E-state index contributed by atoms with van der Waals surface area (Å²) in [5.74, 6) is 3.09. The summed E-state index contributed by atoms with van der Waals surface area (Å²) in [6.45, 7) is 0. The molecule has 0 unspecified atom stereocenters. The van der Waals surface area contributed by atoms with Crippen molar-refractivity contribution in [1.82, 2.24) is 0 Å². The summed E-state index contributed by atoms with van der Waals surface area (Å²) in [7, 11) is -0.974. The summed E-state index contributed by atoms with van der Waals surface area (Å²) in [4.78, 5) is -0.0135. The van der Waals surface area contributed by atoms with Crippen molar-refractivity contribution < 1.29 is 17.9 Å². The van der Waals surface area contributed by atoms with Crippen molar-refractivity contribution in [3.05, 3.63) is 48.0 Å². The molecular formula is C16H15NO4S. The smallest absolute Gasteiger partial charge is 0.265 e. The number of ether oxygens (including phenoxy) is 2. The van der Waals surface area contributed by atoms with E-state index in [0.717, 1.165) is 0 Å². The number of hydrogen-bond donors (Lipinski definition) is 1. The molecule has 0 spiro atoms. The van der Waals surface area contributed by atoms with Crippen LogP contribution in [0.2, 0.25) is 0 Å². The zero-order valence-corrected chi connectivity index (χ0v) is 13.0. The molecule has 114 valence electrons. The van der Waals surface area contributed by atoms with E-state index < -0.39 is 10.0 Å². The van der Waals surface area contributed by atoms with E-state index in [1.54, 1.807) is 30.3 Å². The number of anilines is 1. The molecule has 0 radical (unpaired) electrons. The summed E-state index contributed by atoms with van der Waals surface area (Å²) in [6.07, 6.45) is 5.31. The van der Waals surface area contributed by atoms with Crippen molar-refractivity contribution in [1.29, 1.82) is 0 Å². The number of sulfonamides is 1. The molecule has 0 fully saturated rings. The highest BCUT2D eigenvalue weighted by molar-refractivity contribution is 7.92. The van der Waals surface area contributed by atoms with Gasteiger partial charge in [0.05, 0.1) is 19.9 Å². The van der Waals surface area contributed by atoms with E-state index >= 15 is 0 Å². The largest absolute Gasteiger partial charge is 0.497 e. The fraction of sp³-hybridized carbons (Fsp3) is 0.125. The van der Waals surface area contributed by atoms with Gasteiger partial charge in [0.1, 0.15) is 16.4 Å². The minimum atomic E-state index is -3.84. The molecule has 0 bridgehead atoms. The fourth-order valence-corrected chi connectivity index (χ4v) is 3.11. The number of rotatable bonds is 5. The molecule has 0 heterocycles. The first kappa shape index (κ1) is 15.7. The Kier molecular flexibility index (Phi) is 4.59. The zero-order valence-electron chi connectivity index (χ0n) is 12.2. The predicted octanol–water partition coefficient (Wildman–Crippen LogP) is 2.49. The lowest BCUT2D eigenvalue weighted by molar-refractivity contribution is 0.392. The average molecular weight is 317 g/mol. The van der Waals surface area contributed by atoms with Gasteiger partial charge in [-0.2, -0.15) is 0 Å². The van der Waals surface area contributed by atoms with Crippen LogP contribution in [0.4, 0.5) is 5.69 Å². The van der Waals surface area contributed by atoms with Crippen LogP contribution in [-0.2, 0) is 10.0 Å². The second-order valence-electron chi connectivity index (χ2n) is 4.35. The number of benzene rings is 2. The first-order chi connectivity index (χ1) is 10.5. The topological polar surface area (TPSA) is 64.6 Å². The molecule has 0 aromatic heterocycles. The van der Waals surface area contributed by atoms with Crippen LogP contribution >= 0.6 is 0 Å². The van der Waals surface area contributed by atoms with Gasteiger partial charge in [-0.1, -0.05) is 12.0 Å². The minimum absolute atomic E-state index is 0.0135.